The highest BCUT2D eigenvalue weighted by Crippen LogP contribution is 2.47. The smallest absolute Gasteiger partial charge is 0.226 e. The Morgan fingerprint density at radius 1 is 1.05 bits per heavy atom. The van der Waals surface area contributed by atoms with Crippen LogP contribution in [0.1, 0.15) is 32.3 Å². The van der Waals surface area contributed by atoms with Gasteiger partial charge in [0.2, 0.25) is 11.8 Å². The minimum Gasteiger partial charge on any atom is -0.481 e. The van der Waals surface area contributed by atoms with Crippen molar-refractivity contribution in [3.8, 4) is 5.88 Å². The Morgan fingerprint density at radius 3 is 2.46 bits per heavy atom. The monoisotopic (exact) mass is 504 g/mol. The van der Waals surface area contributed by atoms with E-state index < -0.39 is 0 Å². The van der Waals surface area contributed by atoms with Crippen LogP contribution in [0.4, 0.5) is 33.5 Å². The van der Waals surface area contributed by atoms with Crippen LogP contribution in [0.15, 0.2) is 36.7 Å². The van der Waals surface area contributed by atoms with Gasteiger partial charge >= 0.3 is 0 Å². The number of hydrogen-bond donors (Lipinski definition) is 2. The van der Waals surface area contributed by atoms with Crippen LogP contribution in [0, 0.1) is 17.7 Å². The van der Waals surface area contributed by atoms with Crippen LogP contribution in [0.25, 0.3) is 0 Å². The van der Waals surface area contributed by atoms with Crippen LogP contribution in [-0.2, 0) is 5.41 Å². The first-order chi connectivity index (χ1) is 17.9. The maximum absolute atomic E-state index is 13.6. The van der Waals surface area contributed by atoms with Gasteiger partial charge in [0.1, 0.15) is 29.6 Å². The molecule has 3 atom stereocenters. The van der Waals surface area contributed by atoms with Crippen LogP contribution >= 0.6 is 0 Å². The second-order valence-corrected chi connectivity index (χ2v) is 10.9. The summed E-state index contributed by atoms with van der Waals surface area (Å²) in [4.78, 5) is 23.1. The molecule has 2 aliphatic heterocycles. The largest absolute Gasteiger partial charge is 0.481 e. The lowest BCUT2D eigenvalue weighted by Gasteiger charge is -2.39. The molecule has 1 aromatic carbocycles. The van der Waals surface area contributed by atoms with Crippen LogP contribution in [0.5, 0.6) is 5.88 Å². The van der Waals surface area contributed by atoms with Crippen molar-refractivity contribution in [2.45, 2.75) is 38.1 Å². The average molecular weight is 505 g/mol. The third-order valence-corrected chi connectivity index (χ3v) is 8.04. The van der Waals surface area contributed by atoms with Crippen molar-refractivity contribution in [2.75, 3.05) is 54.2 Å². The van der Waals surface area contributed by atoms with Gasteiger partial charge in [-0.05, 0) is 48.9 Å². The predicted molar refractivity (Wildman–Crippen MR) is 142 cm³/mol. The number of ether oxygens (including phenoxy) is 1. The molecule has 1 saturated carbocycles. The van der Waals surface area contributed by atoms with Gasteiger partial charge in [0.15, 0.2) is 0 Å². The first-order valence-electron chi connectivity index (χ1n) is 12.9. The van der Waals surface area contributed by atoms with Gasteiger partial charge in [0, 0.05) is 55.5 Å². The molecule has 1 aliphatic carbocycles. The maximum Gasteiger partial charge on any atom is 0.226 e. The van der Waals surface area contributed by atoms with Gasteiger partial charge in [-0.3, -0.25) is 0 Å². The van der Waals surface area contributed by atoms with E-state index in [2.05, 4.69) is 44.2 Å². The molecule has 1 saturated heterocycles. The highest BCUT2D eigenvalue weighted by atomic mass is 19.1. The molecule has 2 fully saturated rings. The molecule has 0 unspecified atom stereocenters. The first kappa shape index (κ1) is 23.7. The predicted octanol–water partition coefficient (Wildman–Crippen LogP) is 4.21. The fourth-order valence-electron chi connectivity index (χ4n) is 6.31. The van der Waals surface area contributed by atoms with Gasteiger partial charge in [-0.1, -0.05) is 13.8 Å². The van der Waals surface area contributed by atoms with Crippen molar-refractivity contribution in [2.24, 2.45) is 11.8 Å². The fraction of sp³-hybridized carbons (Fsp3) is 0.481. The molecule has 194 valence electrons. The molecular weight excluding hydrogens is 471 g/mol. The average Bonchev–Trinajstić information content (AvgIpc) is 3.29. The number of piperidine rings is 1. The molecule has 4 heterocycles. The number of halogens is 1. The molecule has 3 aliphatic rings. The highest BCUT2D eigenvalue weighted by Gasteiger charge is 2.44. The molecule has 0 amide bonds. The normalized spacial score (nSPS) is 23.6. The summed E-state index contributed by atoms with van der Waals surface area (Å²) in [5.41, 5.74) is 1.85. The van der Waals surface area contributed by atoms with Crippen LogP contribution in [-0.4, -0.2) is 59.8 Å². The number of benzene rings is 1. The molecule has 2 N–H and O–H groups in total. The van der Waals surface area contributed by atoms with E-state index in [0.717, 1.165) is 61.2 Å². The molecule has 10 heteroatoms. The number of nitrogens with zero attached hydrogens (tertiary/aromatic N) is 6. The van der Waals surface area contributed by atoms with E-state index in [0.29, 0.717) is 23.7 Å². The summed E-state index contributed by atoms with van der Waals surface area (Å²) in [5.74, 6) is 4.50. The summed E-state index contributed by atoms with van der Waals surface area (Å²) >= 11 is 0. The summed E-state index contributed by atoms with van der Waals surface area (Å²) in [6.07, 6.45) is 3.87. The summed E-state index contributed by atoms with van der Waals surface area (Å²) in [5, 5.41) is 7.02. The van der Waals surface area contributed by atoms with Crippen molar-refractivity contribution in [1.82, 2.24) is 19.9 Å². The number of anilines is 5. The zero-order valence-electron chi connectivity index (χ0n) is 21.7. The van der Waals surface area contributed by atoms with Crippen molar-refractivity contribution in [3.63, 3.8) is 0 Å². The second-order valence-electron chi connectivity index (χ2n) is 10.9. The number of fused-ring (bicyclic) bond motifs is 3. The number of aromatic nitrogens is 4. The second kappa shape index (κ2) is 9.00. The third-order valence-electron chi connectivity index (χ3n) is 8.04. The first-order valence-corrected chi connectivity index (χ1v) is 12.9. The minimum atomic E-state index is -0.245. The summed E-state index contributed by atoms with van der Waals surface area (Å²) < 4.78 is 18.9. The molecule has 2 bridgehead atoms. The zero-order valence-corrected chi connectivity index (χ0v) is 21.7. The zero-order chi connectivity index (χ0) is 25.7. The lowest BCUT2D eigenvalue weighted by atomic mass is 9.88. The summed E-state index contributed by atoms with van der Waals surface area (Å²) in [6.45, 7) is 6.96. The molecule has 2 aromatic heterocycles. The quantitative estimate of drug-likeness (QED) is 0.512. The molecule has 6 rings (SSSR count). The van der Waals surface area contributed by atoms with Gasteiger partial charge in [0.25, 0.3) is 0 Å². The SMILES string of the molecule is CNc1nc(N[C@@H]2[C@@H]3CC[C@H]2CN(c2cc(OC)ncn2)C3)nc2c1C(C)(C)CN2c1ccc(F)cc1. The van der Waals surface area contributed by atoms with Gasteiger partial charge in [0.05, 0.1) is 7.11 Å². The van der Waals surface area contributed by atoms with Crippen LogP contribution in [0.2, 0.25) is 0 Å². The Balaban J connectivity index is 1.28. The Labute approximate surface area is 216 Å². The fourth-order valence-corrected chi connectivity index (χ4v) is 6.31. The van der Waals surface area contributed by atoms with Crippen LogP contribution < -0.4 is 25.2 Å². The van der Waals surface area contributed by atoms with Crippen molar-refractivity contribution < 1.29 is 9.13 Å². The van der Waals surface area contributed by atoms with E-state index in [-0.39, 0.29) is 17.3 Å². The maximum atomic E-state index is 13.6. The highest BCUT2D eigenvalue weighted by molar-refractivity contribution is 5.75. The number of hydrogen-bond acceptors (Lipinski definition) is 9. The Bertz CT molecular complexity index is 1290. The molecular formula is C27H33FN8O. The number of methoxy groups -OCH3 is 1. The van der Waals surface area contributed by atoms with Gasteiger partial charge < -0.3 is 25.2 Å². The minimum absolute atomic E-state index is 0.163. The lowest BCUT2D eigenvalue weighted by molar-refractivity contribution is 0.372. The summed E-state index contributed by atoms with van der Waals surface area (Å²) in [6, 6.07) is 8.81. The number of nitrogens with one attached hydrogen (secondary N) is 2. The van der Waals surface area contributed by atoms with Gasteiger partial charge in [-0.2, -0.15) is 9.97 Å². The Hall–Kier alpha value is -3.69. The van der Waals surface area contributed by atoms with E-state index >= 15 is 0 Å². The van der Waals surface area contributed by atoms with Gasteiger partial charge in [-0.25, -0.2) is 14.4 Å². The topological polar surface area (TPSA) is 91.3 Å². The standard InChI is InChI=1S/C27H33FN8O/c1-27(2)14-36(19-9-7-18(28)8-10-19)25-22(27)24(29-3)33-26(34-25)32-23-16-5-6-17(23)13-35(12-16)20-11-21(37-4)31-15-30-20/h7-11,15-17,23H,5-6,12-14H2,1-4H3,(H2,29,32,33,34)/t16-,17+,23-. The third kappa shape index (κ3) is 4.18. The Kier molecular flexibility index (Phi) is 5.77. The van der Waals surface area contributed by atoms with Gasteiger partial charge in [-0.15, -0.1) is 0 Å². The van der Waals surface area contributed by atoms with Crippen molar-refractivity contribution in [1.29, 1.82) is 0 Å². The molecule has 37 heavy (non-hydrogen) atoms. The van der Waals surface area contributed by atoms with E-state index in [1.54, 1.807) is 13.4 Å². The Morgan fingerprint density at radius 2 is 1.78 bits per heavy atom. The molecule has 0 spiro atoms. The van der Waals surface area contributed by atoms with E-state index in [1.165, 1.54) is 12.1 Å². The summed E-state index contributed by atoms with van der Waals surface area (Å²) in [7, 11) is 3.53. The number of rotatable bonds is 6. The molecule has 3 aromatic rings. The van der Waals surface area contributed by atoms with Crippen molar-refractivity contribution >= 4 is 29.1 Å². The van der Waals surface area contributed by atoms with E-state index in [9.17, 15) is 4.39 Å². The van der Waals surface area contributed by atoms with Crippen LogP contribution in [0.3, 0.4) is 0 Å². The molecule has 9 nitrogen and oxygen atoms in total. The van der Waals surface area contributed by atoms with Crippen molar-refractivity contribution in [3.05, 3.63) is 48.0 Å². The molecule has 0 radical (unpaired) electrons. The lowest BCUT2D eigenvalue weighted by Crippen LogP contribution is -2.48. The van der Waals surface area contributed by atoms with E-state index in [4.69, 9.17) is 14.7 Å². The van der Waals surface area contributed by atoms with E-state index in [1.807, 2.05) is 25.2 Å².